The molecule has 0 aliphatic rings. The van der Waals surface area contributed by atoms with E-state index in [0.717, 1.165) is 11.3 Å². The van der Waals surface area contributed by atoms with Crippen LogP contribution in [0.25, 0.3) is 0 Å². The lowest BCUT2D eigenvalue weighted by Crippen LogP contribution is -2.09. The number of aryl methyl sites for hydroxylation is 1. The van der Waals surface area contributed by atoms with Crippen molar-refractivity contribution >= 4 is 5.69 Å². The Morgan fingerprint density at radius 1 is 0.643 bits per heavy atom. The van der Waals surface area contributed by atoms with Gasteiger partial charge < -0.3 is 0 Å². The van der Waals surface area contributed by atoms with Crippen LogP contribution in [0, 0.1) is 115 Å². The van der Waals surface area contributed by atoms with Crippen molar-refractivity contribution in [3.63, 3.8) is 0 Å². The topological polar surface area (TPSA) is 3.24 Å². The molecule has 0 unspecified atom stereocenters. The molecule has 0 bridgehead atoms. The fourth-order valence-corrected chi connectivity index (χ4v) is 1.54. The zero-order chi connectivity index (χ0) is 20.3. The van der Waals surface area contributed by atoms with E-state index in [1.807, 2.05) is 31.2 Å². The van der Waals surface area contributed by atoms with E-state index in [2.05, 4.69) is 95.0 Å². The predicted octanol–water partition coefficient (Wildman–Crippen LogP) is 2.72. The van der Waals surface area contributed by atoms with Gasteiger partial charge in [0.1, 0.15) is 11.8 Å². The number of hydrogen-bond donors (Lipinski definition) is 0. The van der Waals surface area contributed by atoms with Crippen LogP contribution in [0.5, 0.6) is 0 Å². The van der Waals surface area contributed by atoms with Gasteiger partial charge in [0, 0.05) is 71.3 Å². The average Bonchev–Trinajstić information content (AvgIpc) is 2.71. The lowest BCUT2D eigenvalue weighted by Gasteiger charge is -2.11. The van der Waals surface area contributed by atoms with Gasteiger partial charge in [0.25, 0.3) is 0 Å². The van der Waals surface area contributed by atoms with Crippen molar-refractivity contribution in [1.29, 1.82) is 0 Å². The molecule has 0 radical (unpaired) electrons. The number of allylic oxidation sites excluding steroid dienone is 2. The molecule has 28 heavy (non-hydrogen) atoms. The van der Waals surface area contributed by atoms with Crippen molar-refractivity contribution in [3.8, 4) is 95.0 Å². The summed E-state index contributed by atoms with van der Waals surface area (Å²) in [5.41, 5.74) is 1.84. The Kier molecular flexibility index (Phi) is 10.5. The molecular formula is C27H11N+2. The minimum Gasteiger partial charge on any atom is -0.226 e. The van der Waals surface area contributed by atoms with Crippen LogP contribution in [0.15, 0.2) is 36.4 Å². The highest BCUT2D eigenvalue weighted by Gasteiger charge is 2.02. The van der Waals surface area contributed by atoms with Crippen molar-refractivity contribution in [2.75, 3.05) is 4.90 Å². The predicted molar refractivity (Wildman–Crippen MR) is 114 cm³/mol. The average molecular weight is 349 g/mol. The van der Waals surface area contributed by atoms with E-state index in [-0.39, 0.29) is 0 Å². The normalized spacial score (nSPS) is 6.11. The summed E-state index contributed by atoms with van der Waals surface area (Å²) in [4.78, 5) is 1.55. The number of para-hydroxylation sites is 1. The fourth-order valence-electron chi connectivity index (χ4n) is 1.54. The molecule has 1 rings (SSSR count). The van der Waals surface area contributed by atoms with Crippen LogP contribution in [0.3, 0.4) is 0 Å². The van der Waals surface area contributed by atoms with Gasteiger partial charge in [0.15, 0.2) is 11.8 Å². The van der Waals surface area contributed by atoms with Crippen molar-refractivity contribution in [2.45, 2.75) is 6.92 Å². The van der Waals surface area contributed by atoms with Crippen LogP contribution < -0.4 is 4.90 Å². The molecule has 1 nitrogen and oxygen atoms in total. The molecule has 0 aliphatic carbocycles. The number of benzene rings is 1. The highest BCUT2D eigenvalue weighted by atomic mass is 15.1. The van der Waals surface area contributed by atoms with Gasteiger partial charge in [0.2, 0.25) is 12.2 Å². The van der Waals surface area contributed by atoms with E-state index in [1.54, 1.807) is 4.90 Å². The Morgan fingerprint density at radius 2 is 1.07 bits per heavy atom. The van der Waals surface area contributed by atoms with Gasteiger partial charge in [-0.2, -0.15) is 0 Å². The van der Waals surface area contributed by atoms with Gasteiger partial charge in [0.05, 0.1) is 18.8 Å². The Balaban J connectivity index is 3.05. The lowest BCUT2D eigenvalue weighted by atomic mass is 10.2. The van der Waals surface area contributed by atoms with Crippen LogP contribution in [0.2, 0.25) is 0 Å². The third-order valence-corrected chi connectivity index (χ3v) is 2.63. The molecule has 1 aromatic carbocycles. The second-order valence-electron chi connectivity index (χ2n) is 4.47. The Bertz CT molecular complexity index is 1170. The molecule has 0 saturated carbocycles. The van der Waals surface area contributed by atoms with E-state index >= 15 is 0 Å². The first-order valence-electron chi connectivity index (χ1n) is 7.74. The molecule has 0 saturated heterocycles. The zero-order valence-electron chi connectivity index (χ0n) is 15.1. The first-order chi connectivity index (χ1) is 13.8. The maximum Gasteiger partial charge on any atom is 0.222 e. The highest BCUT2D eigenvalue weighted by Crippen LogP contribution is 2.17. The van der Waals surface area contributed by atoms with Gasteiger partial charge in [-0.05, 0) is 18.6 Å². The van der Waals surface area contributed by atoms with E-state index in [1.165, 1.54) is 12.2 Å². The summed E-state index contributed by atoms with van der Waals surface area (Å²) in [6.07, 6.45) is 2.42. The van der Waals surface area contributed by atoms with E-state index in [9.17, 15) is 0 Å². The summed E-state index contributed by atoms with van der Waals surface area (Å²) in [6, 6.07) is 13.4. The zero-order valence-corrected chi connectivity index (χ0v) is 15.1. The van der Waals surface area contributed by atoms with Crippen LogP contribution in [-0.2, 0) is 0 Å². The number of rotatable bonds is 1. The van der Waals surface area contributed by atoms with Gasteiger partial charge in [-0.25, -0.2) is 4.90 Å². The summed E-state index contributed by atoms with van der Waals surface area (Å²) in [5, 5.41) is 0. The van der Waals surface area contributed by atoms with Crippen LogP contribution in [0.4, 0.5) is 5.69 Å². The van der Waals surface area contributed by atoms with E-state index in [0.29, 0.717) is 0 Å². The largest absolute Gasteiger partial charge is 0.226 e. The van der Waals surface area contributed by atoms with Crippen molar-refractivity contribution < 1.29 is 0 Å². The fraction of sp³-hybridized carbons (Fsp3) is 0.0370. The summed E-state index contributed by atoms with van der Waals surface area (Å²) >= 11 is 0. The first kappa shape index (κ1) is 20.8. The summed E-state index contributed by atoms with van der Waals surface area (Å²) < 4.78 is 0. The minimum atomic E-state index is 0.831. The standard InChI is InChI=1S/C27H11N/c1-4-6-8-10-12-14-16-20-24-28(27-23-19-18-22-26(27)3)25-21-17-15-13-11-9-7-5-2/h1-2,4-5,18-19,22-23H,3H3/q+2. The molecule has 0 amide bonds. The van der Waals surface area contributed by atoms with Crippen molar-refractivity contribution in [1.82, 2.24) is 0 Å². The Labute approximate surface area is 167 Å². The van der Waals surface area contributed by atoms with Crippen molar-refractivity contribution in [2.24, 2.45) is 0 Å². The van der Waals surface area contributed by atoms with Crippen LogP contribution in [0.1, 0.15) is 5.56 Å². The van der Waals surface area contributed by atoms with E-state index < -0.39 is 0 Å². The second-order valence-corrected chi connectivity index (χ2v) is 4.47. The van der Waals surface area contributed by atoms with Crippen molar-refractivity contribution in [3.05, 3.63) is 55.1 Å². The van der Waals surface area contributed by atoms with Gasteiger partial charge in [-0.15, -0.1) is 0 Å². The SMILES string of the molecule is [CH+]=CC#CC#CC#CC#CN(C#CC#CC#CC#CC=[CH+])c1ccccc1C. The smallest absolute Gasteiger partial charge is 0.222 e. The molecule has 0 N–H and O–H groups in total. The molecule has 122 valence electrons. The molecule has 0 aromatic heterocycles. The summed E-state index contributed by atoms with van der Waals surface area (Å²) in [6.45, 7) is 12.2. The first-order valence-corrected chi connectivity index (χ1v) is 7.74. The number of anilines is 1. The molecular weight excluding hydrogens is 338 g/mol. The third kappa shape index (κ3) is 9.18. The summed E-state index contributed by atoms with van der Waals surface area (Å²) in [5.74, 6) is 36.0. The molecule has 0 fully saturated rings. The molecule has 1 heteroatoms. The molecule has 0 heterocycles. The van der Waals surface area contributed by atoms with Gasteiger partial charge in [-0.1, -0.05) is 18.2 Å². The molecule has 0 spiro atoms. The van der Waals surface area contributed by atoms with Gasteiger partial charge in [-0.3, -0.25) is 0 Å². The van der Waals surface area contributed by atoms with Crippen LogP contribution in [-0.4, -0.2) is 0 Å². The molecule has 0 atom stereocenters. The monoisotopic (exact) mass is 349 g/mol. The number of nitrogens with zero attached hydrogens (tertiary/aromatic N) is 1. The van der Waals surface area contributed by atoms with Gasteiger partial charge >= 0.3 is 0 Å². The maximum absolute atomic E-state index is 5.11. The third-order valence-electron chi connectivity index (χ3n) is 2.63. The van der Waals surface area contributed by atoms with Crippen LogP contribution >= 0.6 is 0 Å². The van der Waals surface area contributed by atoms with E-state index in [4.69, 9.17) is 13.2 Å². The lowest BCUT2D eigenvalue weighted by molar-refractivity contribution is 1.33. The molecule has 1 aromatic rings. The minimum absolute atomic E-state index is 0.831. The molecule has 0 aliphatic heterocycles. The Morgan fingerprint density at radius 3 is 1.54 bits per heavy atom. The summed E-state index contributed by atoms with van der Waals surface area (Å²) in [7, 11) is 0. The quantitative estimate of drug-likeness (QED) is 0.428. The second kappa shape index (κ2) is 14.2. The Hall–Kier alpha value is -5.20. The number of hydrogen-bond acceptors (Lipinski definition) is 1. The maximum atomic E-state index is 5.11. The highest BCUT2D eigenvalue weighted by molar-refractivity contribution is 5.63.